The minimum atomic E-state index is -1.08. The van der Waals surface area contributed by atoms with Gasteiger partial charge in [-0.2, -0.15) is 0 Å². The van der Waals surface area contributed by atoms with E-state index in [4.69, 9.17) is 0 Å². The Bertz CT molecular complexity index is 625. The number of unbranched alkanes of at least 4 members (excludes halogenated alkanes) is 26. The maximum absolute atomic E-state index is 12.4. The summed E-state index contributed by atoms with van der Waals surface area (Å²) >= 11 is 0. The summed E-state index contributed by atoms with van der Waals surface area (Å²) in [6.45, 7) is 4.22. The lowest BCUT2D eigenvalue weighted by Gasteiger charge is -2.23. The first kappa shape index (κ1) is 44.1. The first-order valence-electron chi connectivity index (χ1n) is 20.0. The van der Waals surface area contributed by atoms with E-state index in [1.54, 1.807) is 0 Å². The van der Waals surface area contributed by atoms with Crippen molar-refractivity contribution in [1.82, 2.24) is 5.32 Å². The minimum Gasteiger partial charge on any atom is -0.394 e. The van der Waals surface area contributed by atoms with Crippen LogP contribution in [0.2, 0.25) is 0 Å². The molecule has 0 bridgehead atoms. The predicted molar refractivity (Wildman–Crippen MR) is 195 cm³/mol. The second-order valence-corrected chi connectivity index (χ2v) is 13.8. The molecule has 0 aromatic heterocycles. The Morgan fingerprint density at radius 1 is 0.511 bits per heavy atom. The van der Waals surface area contributed by atoms with Crippen molar-refractivity contribution in [2.75, 3.05) is 6.61 Å². The number of amides is 1. The molecule has 0 radical (unpaired) electrons. The van der Waals surface area contributed by atoms with Gasteiger partial charge in [0.2, 0.25) is 5.91 Å². The van der Waals surface area contributed by atoms with E-state index in [2.05, 4.69) is 31.3 Å². The molecule has 0 fully saturated rings. The van der Waals surface area contributed by atoms with Crippen LogP contribution in [0.15, 0.2) is 12.2 Å². The Labute approximate surface area is 280 Å². The minimum absolute atomic E-state index is 0.315. The zero-order chi connectivity index (χ0) is 33.1. The van der Waals surface area contributed by atoms with Crippen LogP contribution < -0.4 is 5.32 Å². The summed E-state index contributed by atoms with van der Waals surface area (Å²) < 4.78 is 0. The Hall–Kier alpha value is -0.910. The van der Waals surface area contributed by atoms with E-state index in [1.165, 1.54) is 141 Å². The highest BCUT2D eigenvalue weighted by atomic mass is 16.3. The van der Waals surface area contributed by atoms with Crippen LogP contribution in [-0.4, -0.2) is 46.1 Å². The highest BCUT2D eigenvalue weighted by Crippen LogP contribution is 2.16. The lowest BCUT2D eigenvalue weighted by atomic mass is 10.0. The predicted octanol–water partition coefficient (Wildman–Crippen LogP) is 10.9. The lowest BCUT2D eigenvalue weighted by molar-refractivity contribution is -0.131. The Kier molecular flexibility index (Phi) is 35.2. The summed E-state index contributed by atoms with van der Waals surface area (Å²) in [7, 11) is 0. The van der Waals surface area contributed by atoms with Crippen LogP contribution in [0.3, 0.4) is 0 Å². The van der Waals surface area contributed by atoms with Crippen molar-refractivity contribution >= 4 is 5.91 Å². The quantitative estimate of drug-likeness (QED) is 0.0406. The summed E-state index contributed by atoms with van der Waals surface area (Å²) in [6, 6.07) is -0.712. The number of carbonyl (C=O) groups excluding carboxylic acids is 1. The fraction of sp³-hybridized carbons (Fsp3) is 0.925. The van der Waals surface area contributed by atoms with E-state index in [-0.39, 0.29) is 6.61 Å². The Morgan fingerprint density at radius 2 is 0.844 bits per heavy atom. The zero-order valence-corrected chi connectivity index (χ0v) is 30.3. The average Bonchev–Trinajstić information content (AvgIpc) is 3.04. The molecule has 5 heteroatoms. The molecule has 1 amide bonds. The highest BCUT2D eigenvalue weighted by molar-refractivity contribution is 5.80. The summed E-state index contributed by atoms with van der Waals surface area (Å²) in [4.78, 5) is 12.4. The second kappa shape index (κ2) is 35.9. The molecule has 4 N–H and O–H groups in total. The van der Waals surface area contributed by atoms with Gasteiger partial charge >= 0.3 is 0 Å². The maximum Gasteiger partial charge on any atom is 0.249 e. The number of rotatable bonds is 36. The lowest BCUT2D eigenvalue weighted by Crippen LogP contribution is -2.49. The van der Waals surface area contributed by atoms with E-state index in [1.807, 2.05) is 0 Å². The van der Waals surface area contributed by atoms with Crippen molar-refractivity contribution in [3.8, 4) is 0 Å². The van der Waals surface area contributed by atoms with Crippen LogP contribution >= 0.6 is 0 Å². The fourth-order valence-electron chi connectivity index (χ4n) is 6.18. The van der Waals surface area contributed by atoms with Gasteiger partial charge in [-0.3, -0.25) is 4.79 Å². The molecule has 0 saturated carbocycles. The number of aliphatic hydroxyl groups excluding tert-OH is 3. The van der Waals surface area contributed by atoms with Crippen molar-refractivity contribution in [2.24, 2.45) is 0 Å². The number of carbonyl (C=O) groups is 1. The van der Waals surface area contributed by atoms with Gasteiger partial charge in [0.25, 0.3) is 0 Å². The molecule has 3 unspecified atom stereocenters. The molecule has 0 aliphatic carbocycles. The first-order valence-corrected chi connectivity index (χ1v) is 20.0. The van der Waals surface area contributed by atoms with Gasteiger partial charge in [-0.1, -0.05) is 187 Å². The molecule has 0 aliphatic heterocycles. The van der Waals surface area contributed by atoms with Gasteiger partial charge in [0.1, 0.15) is 6.10 Å². The third-order valence-corrected chi connectivity index (χ3v) is 9.38. The first-order chi connectivity index (χ1) is 22.1. The molecule has 45 heavy (non-hydrogen) atoms. The molecular formula is C40H79NO4. The molecule has 268 valence electrons. The van der Waals surface area contributed by atoms with Crippen LogP contribution in [0.1, 0.15) is 213 Å². The monoisotopic (exact) mass is 638 g/mol. The van der Waals surface area contributed by atoms with Gasteiger partial charge in [0.15, 0.2) is 0 Å². The van der Waals surface area contributed by atoms with Crippen LogP contribution in [0.25, 0.3) is 0 Å². The van der Waals surface area contributed by atoms with Crippen molar-refractivity contribution in [3.05, 3.63) is 12.2 Å². The number of aliphatic hydroxyl groups is 3. The Balaban J connectivity index is 3.67. The van der Waals surface area contributed by atoms with Crippen molar-refractivity contribution in [2.45, 2.75) is 231 Å². The molecule has 0 saturated heterocycles. The van der Waals surface area contributed by atoms with E-state index < -0.39 is 24.2 Å². The summed E-state index contributed by atoms with van der Waals surface area (Å²) in [6.07, 6.45) is 40.5. The number of allylic oxidation sites excluding steroid dienone is 2. The van der Waals surface area contributed by atoms with E-state index in [0.29, 0.717) is 12.8 Å². The summed E-state index contributed by atoms with van der Waals surface area (Å²) in [5, 5.41) is 33.2. The topological polar surface area (TPSA) is 89.8 Å². The maximum atomic E-state index is 12.4. The molecule has 0 heterocycles. The van der Waals surface area contributed by atoms with Gasteiger partial charge in [-0.05, 0) is 38.5 Å². The molecule has 0 aromatic carbocycles. The van der Waals surface area contributed by atoms with Gasteiger partial charge in [-0.15, -0.1) is 0 Å². The summed E-state index contributed by atoms with van der Waals surface area (Å²) in [5.74, 6) is -0.478. The highest BCUT2D eigenvalue weighted by Gasteiger charge is 2.23. The number of hydrogen-bond donors (Lipinski definition) is 4. The summed E-state index contributed by atoms with van der Waals surface area (Å²) in [5.41, 5.74) is 0. The standard InChI is InChI=1S/C40H79NO4/c1-3-5-7-9-11-13-15-17-19-21-22-24-26-28-30-32-34-38(43)37(36-42)41-40(45)39(44)35-33-31-29-27-25-23-20-18-16-14-12-10-8-6-4-2/h20,23,37-39,42-44H,3-19,21-22,24-36H2,1-2H3,(H,41,45)/b23-20-. The molecular weight excluding hydrogens is 558 g/mol. The van der Waals surface area contributed by atoms with Crippen LogP contribution in [0.4, 0.5) is 0 Å². The smallest absolute Gasteiger partial charge is 0.249 e. The molecule has 0 aromatic rings. The number of hydrogen-bond acceptors (Lipinski definition) is 4. The van der Waals surface area contributed by atoms with E-state index in [0.717, 1.165) is 44.9 Å². The molecule has 0 spiro atoms. The van der Waals surface area contributed by atoms with Crippen LogP contribution in [0, 0.1) is 0 Å². The molecule has 0 rings (SSSR count). The zero-order valence-electron chi connectivity index (χ0n) is 30.3. The average molecular weight is 638 g/mol. The second-order valence-electron chi connectivity index (χ2n) is 13.8. The normalized spacial score (nSPS) is 13.8. The number of nitrogens with one attached hydrogen (secondary N) is 1. The van der Waals surface area contributed by atoms with Crippen LogP contribution in [-0.2, 0) is 4.79 Å². The van der Waals surface area contributed by atoms with E-state index >= 15 is 0 Å². The van der Waals surface area contributed by atoms with Crippen molar-refractivity contribution in [1.29, 1.82) is 0 Å². The van der Waals surface area contributed by atoms with Gasteiger partial charge in [-0.25, -0.2) is 0 Å². The Morgan fingerprint density at radius 3 is 1.22 bits per heavy atom. The fourth-order valence-corrected chi connectivity index (χ4v) is 6.18. The van der Waals surface area contributed by atoms with Gasteiger partial charge < -0.3 is 20.6 Å². The van der Waals surface area contributed by atoms with Gasteiger partial charge in [0, 0.05) is 0 Å². The van der Waals surface area contributed by atoms with Crippen molar-refractivity contribution in [3.63, 3.8) is 0 Å². The molecule has 0 aliphatic rings. The SMILES string of the molecule is CCCCCCCCC/C=C\CCCCCCC(O)C(=O)NC(CO)C(O)CCCCCCCCCCCCCCCCCC. The van der Waals surface area contributed by atoms with Crippen LogP contribution in [0.5, 0.6) is 0 Å². The largest absolute Gasteiger partial charge is 0.394 e. The molecule has 3 atom stereocenters. The van der Waals surface area contributed by atoms with Crippen molar-refractivity contribution < 1.29 is 20.1 Å². The molecule has 5 nitrogen and oxygen atoms in total. The third-order valence-electron chi connectivity index (χ3n) is 9.38. The van der Waals surface area contributed by atoms with E-state index in [9.17, 15) is 20.1 Å². The third kappa shape index (κ3) is 31.5. The van der Waals surface area contributed by atoms with Gasteiger partial charge in [0.05, 0.1) is 18.8 Å².